The van der Waals surface area contributed by atoms with Crippen LogP contribution in [0.1, 0.15) is 36.1 Å². The van der Waals surface area contributed by atoms with Crippen LogP contribution in [-0.4, -0.2) is 43.1 Å². The molecule has 0 aliphatic carbocycles. The summed E-state index contributed by atoms with van der Waals surface area (Å²) in [7, 11) is 4.83. The monoisotopic (exact) mass is 911 g/mol. The van der Waals surface area contributed by atoms with Crippen LogP contribution in [0.5, 0.6) is 40.5 Å². The molecular weight excluding hydrogens is 868 g/mol. The predicted molar refractivity (Wildman–Crippen MR) is 232 cm³/mol. The smallest absolute Gasteiger partial charge is 0.321 e. The van der Waals surface area contributed by atoms with Crippen molar-refractivity contribution in [3.8, 4) is 40.5 Å². The summed E-state index contributed by atoms with van der Waals surface area (Å²) in [6.07, 6.45) is 0. The van der Waals surface area contributed by atoms with E-state index in [4.69, 9.17) is 33.7 Å². The average molecular weight is 914 g/mol. The summed E-state index contributed by atoms with van der Waals surface area (Å²) >= 11 is 7.01. The summed E-state index contributed by atoms with van der Waals surface area (Å²) in [5, 5.41) is 2.72. The van der Waals surface area contributed by atoms with Crippen molar-refractivity contribution in [2.75, 3.05) is 21.3 Å². The van der Waals surface area contributed by atoms with E-state index in [0.29, 0.717) is 50.1 Å². The Kier molecular flexibility index (Phi) is 15.0. The largest absolute Gasteiger partial charge is 0.497 e. The molecule has 0 saturated carbocycles. The number of pyridine rings is 2. The fraction of sp³-hybridized carbons (Fsp3) is 0.200. The van der Waals surface area contributed by atoms with Gasteiger partial charge in [-0.3, -0.25) is 4.79 Å². The van der Waals surface area contributed by atoms with Crippen LogP contribution in [0.3, 0.4) is 0 Å². The first-order valence-corrected chi connectivity index (χ1v) is 19.8. The molecule has 0 fully saturated rings. The van der Waals surface area contributed by atoms with Gasteiger partial charge in [0.2, 0.25) is 17.3 Å². The van der Waals surface area contributed by atoms with Gasteiger partial charge in [0.05, 0.1) is 28.3 Å². The summed E-state index contributed by atoms with van der Waals surface area (Å²) in [6.45, 7) is 7.70. The lowest BCUT2D eigenvalue weighted by Crippen LogP contribution is -2.48. The van der Waals surface area contributed by atoms with Crippen molar-refractivity contribution in [3.63, 3.8) is 0 Å². The summed E-state index contributed by atoms with van der Waals surface area (Å²) in [5.41, 5.74) is 4.76. The maximum Gasteiger partial charge on any atom is 0.321 e. The van der Waals surface area contributed by atoms with E-state index in [1.165, 1.54) is 6.92 Å². The molecule has 300 valence electrons. The summed E-state index contributed by atoms with van der Waals surface area (Å²) < 4.78 is 29.9. The molecule has 2 aromatic heterocycles. The number of aromatic nitrogens is 2. The van der Waals surface area contributed by atoms with Crippen LogP contribution in [0.4, 0.5) is 11.4 Å². The third-order valence-electron chi connectivity index (χ3n) is 9.33. The fourth-order valence-electron chi connectivity index (χ4n) is 6.16. The van der Waals surface area contributed by atoms with Crippen molar-refractivity contribution in [1.82, 2.24) is 19.8 Å². The van der Waals surface area contributed by atoms with E-state index in [0.717, 1.165) is 28.0 Å². The molecule has 0 bridgehead atoms. The van der Waals surface area contributed by atoms with Crippen molar-refractivity contribution < 1.29 is 33.3 Å². The van der Waals surface area contributed by atoms with Crippen LogP contribution < -0.4 is 33.5 Å². The van der Waals surface area contributed by atoms with Crippen LogP contribution in [0, 0.1) is 13.8 Å². The number of quaternary nitrogens is 1. The van der Waals surface area contributed by atoms with Crippen molar-refractivity contribution >= 4 is 55.0 Å². The molecule has 2 heterocycles. The van der Waals surface area contributed by atoms with Gasteiger partial charge in [0.15, 0.2) is 0 Å². The standard InChI is InChI=1S/C35H32Br2N3O5.C10H13NO2/c1-22-9-8-12-30(23(22)2)45-35-29(18-20-33(37)39-35)40(24(3)41,21-25-10-6-7-11-31(25)43-5)28-17-19-32(36)38-34(28)44-27-15-13-26(42-4)14-16-27;1-8(12)11-7-9-5-3-4-6-10(9)13-2/h6-20H,21H2,1-5H3;3-6H,7H2,1-2H3,(H,11,12)/q+1;. The summed E-state index contributed by atoms with van der Waals surface area (Å²) in [5.74, 6) is 3.48. The molecule has 0 aliphatic rings. The van der Waals surface area contributed by atoms with Crippen molar-refractivity contribution in [2.45, 2.75) is 40.8 Å². The lowest BCUT2D eigenvalue weighted by Gasteiger charge is -2.35. The number of para-hydroxylation sites is 2. The van der Waals surface area contributed by atoms with Gasteiger partial charge >= 0.3 is 5.91 Å². The highest BCUT2D eigenvalue weighted by molar-refractivity contribution is 9.10. The zero-order valence-electron chi connectivity index (χ0n) is 33.3. The van der Waals surface area contributed by atoms with Gasteiger partial charge in [0.1, 0.15) is 44.5 Å². The van der Waals surface area contributed by atoms with Gasteiger partial charge in [-0.05, 0) is 117 Å². The minimum Gasteiger partial charge on any atom is -0.497 e. The maximum absolute atomic E-state index is 14.4. The molecule has 58 heavy (non-hydrogen) atoms. The maximum atomic E-state index is 14.4. The van der Waals surface area contributed by atoms with Gasteiger partial charge in [-0.1, -0.05) is 42.5 Å². The number of nitrogens with one attached hydrogen (secondary N) is 1. The van der Waals surface area contributed by atoms with Gasteiger partial charge in [-0.15, -0.1) is 0 Å². The molecule has 13 heteroatoms. The number of aryl methyl sites for hydroxylation is 1. The first-order valence-electron chi connectivity index (χ1n) is 18.2. The Labute approximate surface area is 355 Å². The van der Waals surface area contributed by atoms with Gasteiger partial charge < -0.3 is 29.0 Å². The molecule has 0 spiro atoms. The fourth-order valence-corrected chi connectivity index (χ4v) is 6.74. The van der Waals surface area contributed by atoms with Crippen molar-refractivity contribution in [2.24, 2.45) is 0 Å². The number of nitrogens with zero attached hydrogens (tertiary/aromatic N) is 3. The third-order valence-corrected chi connectivity index (χ3v) is 10.2. The van der Waals surface area contributed by atoms with Gasteiger partial charge in [0, 0.05) is 36.7 Å². The quantitative estimate of drug-likeness (QED) is 0.0892. The molecular formula is C45H45Br2N4O7+. The van der Waals surface area contributed by atoms with E-state index >= 15 is 0 Å². The normalized spacial score (nSPS) is 11.6. The summed E-state index contributed by atoms with van der Waals surface area (Å²) in [6, 6.07) is 35.4. The molecule has 0 saturated heterocycles. The number of methoxy groups -OCH3 is 3. The number of halogens is 2. The van der Waals surface area contributed by atoms with E-state index in [-0.39, 0.29) is 34.6 Å². The molecule has 11 nitrogen and oxygen atoms in total. The molecule has 6 aromatic rings. The van der Waals surface area contributed by atoms with E-state index in [2.05, 4.69) is 37.2 Å². The summed E-state index contributed by atoms with van der Waals surface area (Å²) in [4.78, 5) is 34.5. The molecule has 0 aliphatic heterocycles. The molecule has 6 rings (SSSR count). The van der Waals surface area contributed by atoms with Gasteiger partial charge in [-0.25, -0.2) is 14.8 Å². The second-order valence-electron chi connectivity index (χ2n) is 13.0. The Bertz CT molecular complexity index is 2380. The highest BCUT2D eigenvalue weighted by Crippen LogP contribution is 2.49. The Hall–Kier alpha value is -5.76. The first-order chi connectivity index (χ1) is 27.9. The Morgan fingerprint density at radius 3 is 1.67 bits per heavy atom. The third kappa shape index (κ3) is 10.4. The predicted octanol–water partition coefficient (Wildman–Crippen LogP) is 10.9. The zero-order valence-corrected chi connectivity index (χ0v) is 36.5. The highest BCUT2D eigenvalue weighted by atomic mass is 79.9. The lowest BCUT2D eigenvalue weighted by atomic mass is 10.1. The minimum atomic E-state index is -0.382. The van der Waals surface area contributed by atoms with Crippen LogP contribution in [0.2, 0.25) is 0 Å². The second-order valence-corrected chi connectivity index (χ2v) is 14.6. The Morgan fingerprint density at radius 1 is 0.603 bits per heavy atom. The van der Waals surface area contributed by atoms with E-state index in [1.54, 1.807) is 64.7 Å². The number of rotatable bonds is 13. The topological polar surface area (TPSA) is 118 Å². The average Bonchev–Trinajstić information content (AvgIpc) is 3.22. The van der Waals surface area contributed by atoms with Crippen LogP contribution in [0.25, 0.3) is 0 Å². The van der Waals surface area contributed by atoms with E-state index < -0.39 is 0 Å². The minimum absolute atomic E-state index is 0.0362. The molecule has 1 N–H and O–H groups in total. The van der Waals surface area contributed by atoms with Crippen LogP contribution >= 0.6 is 31.9 Å². The van der Waals surface area contributed by atoms with E-state index in [9.17, 15) is 9.59 Å². The van der Waals surface area contributed by atoms with Crippen molar-refractivity contribution in [3.05, 3.63) is 147 Å². The highest BCUT2D eigenvalue weighted by Gasteiger charge is 2.46. The number of amides is 2. The number of carbonyl (C=O) groups excluding carboxylic acids is 2. The van der Waals surface area contributed by atoms with E-state index in [1.807, 2.05) is 92.7 Å². The Balaban J connectivity index is 0.000000419. The first kappa shape index (κ1) is 43.4. The molecule has 1 atom stereocenters. The number of carbonyl (C=O) groups is 2. The number of ether oxygens (including phenoxy) is 5. The molecule has 2 amide bonds. The molecule has 1 unspecified atom stereocenters. The number of hydrogen-bond acceptors (Lipinski definition) is 9. The van der Waals surface area contributed by atoms with Crippen LogP contribution in [0.15, 0.2) is 124 Å². The lowest BCUT2D eigenvalue weighted by molar-refractivity contribution is -0.126. The van der Waals surface area contributed by atoms with Crippen molar-refractivity contribution in [1.29, 1.82) is 0 Å². The Morgan fingerprint density at radius 2 is 1.12 bits per heavy atom. The zero-order chi connectivity index (χ0) is 41.8. The molecule has 4 aromatic carbocycles. The van der Waals surface area contributed by atoms with Gasteiger partial charge in [0.25, 0.3) is 11.8 Å². The van der Waals surface area contributed by atoms with Gasteiger partial charge in [-0.2, -0.15) is 4.48 Å². The number of hydrogen-bond donors (Lipinski definition) is 1. The molecule has 0 radical (unpaired) electrons. The van der Waals surface area contributed by atoms with Crippen LogP contribution in [-0.2, 0) is 22.7 Å². The number of benzene rings is 4. The second kappa shape index (κ2) is 20.1. The SMILES string of the molecule is COc1ccc(Oc2nc(Br)ccc2[N+](Cc2ccccc2OC)(C(C)=O)c2ccc(Br)nc2Oc2cccc(C)c2C)cc1.COc1ccccc1CNC(C)=O.